The summed E-state index contributed by atoms with van der Waals surface area (Å²) in [7, 11) is 0. The van der Waals surface area contributed by atoms with Crippen molar-refractivity contribution in [2.24, 2.45) is 11.3 Å². The van der Waals surface area contributed by atoms with Crippen molar-refractivity contribution >= 4 is 23.4 Å². The van der Waals surface area contributed by atoms with Gasteiger partial charge in [0.05, 0.1) is 0 Å². The molecule has 0 bridgehead atoms. The van der Waals surface area contributed by atoms with Crippen LogP contribution in [0, 0.1) is 11.3 Å². The van der Waals surface area contributed by atoms with Gasteiger partial charge < -0.3 is 14.9 Å². The summed E-state index contributed by atoms with van der Waals surface area (Å²) in [6.07, 6.45) is 5.21. The van der Waals surface area contributed by atoms with Gasteiger partial charge in [-0.3, -0.25) is 19.7 Å². The molecule has 1 unspecified atom stereocenters. The molecule has 1 saturated carbocycles. The van der Waals surface area contributed by atoms with Crippen LogP contribution in [0.5, 0.6) is 0 Å². The van der Waals surface area contributed by atoms with Gasteiger partial charge >= 0.3 is 0 Å². The maximum Gasteiger partial charge on any atom is 0.255 e. The number of aliphatic hydroxyl groups is 1. The van der Waals surface area contributed by atoms with Gasteiger partial charge in [-0.05, 0) is 55.7 Å². The zero-order chi connectivity index (χ0) is 20.2. The third-order valence-electron chi connectivity index (χ3n) is 7.35. The van der Waals surface area contributed by atoms with Crippen LogP contribution in [-0.2, 0) is 16.1 Å². The number of carbonyl (C=O) groups excluding carboxylic acids is 3. The molecule has 3 heterocycles. The van der Waals surface area contributed by atoms with Crippen LogP contribution in [0.4, 0.5) is 5.69 Å². The lowest BCUT2D eigenvalue weighted by Gasteiger charge is -2.54. The average molecular weight is 397 g/mol. The van der Waals surface area contributed by atoms with Crippen molar-refractivity contribution in [2.45, 2.75) is 51.1 Å². The van der Waals surface area contributed by atoms with E-state index in [2.05, 4.69) is 16.3 Å². The van der Waals surface area contributed by atoms with E-state index in [0.717, 1.165) is 37.2 Å². The zero-order valence-electron chi connectivity index (χ0n) is 16.5. The summed E-state index contributed by atoms with van der Waals surface area (Å²) in [6.45, 7) is 2.74. The largest absolute Gasteiger partial charge is 0.396 e. The minimum atomic E-state index is -0.565. The fourth-order valence-electron chi connectivity index (χ4n) is 5.47. The van der Waals surface area contributed by atoms with E-state index in [1.807, 2.05) is 12.1 Å². The molecule has 1 aromatic carbocycles. The number of nitrogens with one attached hydrogen (secondary N) is 1. The SMILES string of the molecule is O=C1CCC(N2Cc3ccc(N4CC5(CCC(CO)CC5)C4)cc3C2=O)C(=O)N1. The number of anilines is 1. The maximum absolute atomic E-state index is 13.0. The predicted molar refractivity (Wildman–Crippen MR) is 106 cm³/mol. The summed E-state index contributed by atoms with van der Waals surface area (Å²) < 4.78 is 0. The van der Waals surface area contributed by atoms with Crippen molar-refractivity contribution in [3.05, 3.63) is 29.3 Å². The Kier molecular flexibility index (Phi) is 4.38. The first kappa shape index (κ1) is 18.6. The van der Waals surface area contributed by atoms with Gasteiger partial charge in [0.15, 0.2) is 0 Å². The Morgan fingerprint density at radius 2 is 1.86 bits per heavy atom. The lowest BCUT2D eigenvalue weighted by molar-refractivity contribution is -0.136. The molecule has 5 rings (SSSR count). The van der Waals surface area contributed by atoms with Crippen LogP contribution in [0.2, 0.25) is 0 Å². The van der Waals surface area contributed by atoms with Crippen molar-refractivity contribution in [1.82, 2.24) is 10.2 Å². The van der Waals surface area contributed by atoms with Gasteiger partial charge in [0.1, 0.15) is 6.04 Å². The number of hydrogen-bond donors (Lipinski definition) is 2. The summed E-state index contributed by atoms with van der Waals surface area (Å²) >= 11 is 0. The minimum absolute atomic E-state index is 0.116. The normalized spacial score (nSPS) is 26.5. The second-order valence-corrected chi connectivity index (χ2v) is 9.22. The number of nitrogens with zero attached hydrogens (tertiary/aromatic N) is 2. The number of rotatable bonds is 3. The Morgan fingerprint density at radius 1 is 1.10 bits per heavy atom. The molecule has 29 heavy (non-hydrogen) atoms. The number of imide groups is 1. The van der Waals surface area contributed by atoms with E-state index >= 15 is 0 Å². The molecule has 1 aliphatic carbocycles. The molecular formula is C22H27N3O4. The van der Waals surface area contributed by atoms with E-state index in [1.54, 1.807) is 4.90 Å². The highest BCUT2D eigenvalue weighted by Crippen LogP contribution is 2.47. The van der Waals surface area contributed by atoms with Gasteiger partial charge in [0.2, 0.25) is 11.8 Å². The molecule has 0 aromatic heterocycles. The second kappa shape index (κ2) is 6.83. The molecule has 1 aromatic rings. The van der Waals surface area contributed by atoms with Crippen molar-refractivity contribution < 1.29 is 19.5 Å². The Bertz CT molecular complexity index is 867. The van der Waals surface area contributed by atoms with Crippen LogP contribution in [0.3, 0.4) is 0 Å². The Labute approximate surface area is 170 Å². The van der Waals surface area contributed by atoms with Gasteiger partial charge in [-0.2, -0.15) is 0 Å². The Hall–Kier alpha value is -2.41. The first-order valence-corrected chi connectivity index (χ1v) is 10.6. The Balaban J connectivity index is 1.27. The number of hydrogen-bond acceptors (Lipinski definition) is 5. The van der Waals surface area contributed by atoms with Gasteiger partial charge in [0.25, 0.3) is 5.91 Å². The highest BCUT2D eigenvalue weighted by Gasteiger charge is 2.45. The van der Waals surface area contributed by atoms with E-state index in [9.17, 15) is 19.5 Å². The number of fused-ring (bicyclic) bond motifs is 1. The molecule has 1 spiro atoms. The van der Waals surface area contributed by atoms with Crippen LogP contribution in [0.1, 0.15) is 54.4 Å². The van der Waals surface area contributed by atoms with Crippen LogP contribution in [0.25, 0.3) is 0 Å². The summed E-state index contributed by atoms with van der Waals surface area (Å²) in [4.78, 5) is 40.5. The predicted octanol–water partition coefficient (Wildman–Crippen LogP) is 1.44. The molecular weight excluding hydrogens is 370 g/mol. The number of benzene rings is 1. The van der Waals surface area contributed by atoms with Gasteiger partial charge in [0, 0.05) is 49.3 Å². The molecule has 1 atom stereocenters. The van der Waals surface area contributed by atoms with E-state index < -0.39 is 6.04 Å². The highest BCUT2D eigenvalue weighted by molar-refractivity contribution is 6.05. The molecule has 7 heteroatoms. The van der Waals surface area contributed by atoms with Crippen molar-refractivity contribution in [3.63, 3.8) is 0 Å². The van der Waals surface area contributed by atoms with Crippen LogP contribution in [0.15, 0.2) is 18.2 Å². The summed E-state index contributed by atoms with van der Waals surface area (Å²) in [5.74, 6) is -0.288. The van der Waals surface area contributed by atoms with E-state index in [1.165, 1.54) is 12.8 Å². The van der Waals surface area contributed by atoms with Crippen molar-refractivity contribution in [1.29, 1.82) is 0 Å². The van der Waals surface area contributed by atoms with Gasteiger partial charge in [-0.15, -0.1) is 0 Å². The smallest absolute Gasteiger partial charge is 0.255 e. The molecule has 4 aliphatic rings. The van der Waals surface area contributed by atoms with Gasteiger partial charge in [-0.25, -0.2) is 0 Å². The Morgan fingerprint density at radius 3 is 2.55 bits per heavy atom. The standard InChI is InChI=1S/C22H27N3O4/c26-11-14-5-7-22(8-6-14)12-24(13-22)16-2-1-15-10-25(21(29)17(15)9-16)18-3-4-19(27)23-20(18)28/h1-2,9,14,18,26H,3-8,10-13H2,(H,23,27,28). The third kappa shape index (κ3) is 3.12. The highest BCUT2D eigenvalue weighted by atomic mass is 16.3. The third-order valence-corrected chi connectivity index (χ3v) is 7.35. The molecule has 2 saturated heterocycles. The molecule has 2 N–H and O–H groups in total. The fraction of sp³-hybridized carbons (Fsp3) is 0.591. The van der Waals surface area contributed by atoms with Crippen molar-refractivity contribution in [3.8, 4) is 0 Å². The van der Waals surface area contributed by atoms with E-state index in [4.69, 9.17) is 0 Å². The number of aliphatic hydroxyl groups excluding tert-OH is 1. The quantitative estimate of drug-likeness (QED) is 0.754. The summed E-state index contributed by atoms with van der Waals surface area (Å²) in [5.41, 5.74) is 3.06. The fourth-order valence-corrected chi connectivity index (χ4v) is 5.47. The molecule has 154 valence electrons. The lowest BCUT2D eigenvalue weighted by Crippen LogP contribution is -2.58. The minimum Gasteiger partial charge on any atom is -0.396 e. The molecule has 7 nitrogen and oxygen atoms in total. The average Bonchev–Trinajstić information content (AvgIpc) is 3.02. The lowest BCUT2D eigenvalue weighted by atomic mass is 9.66. The topological polar surface area (TPSA) is 90.0 Å². The van der Waals surface area contributed by atoms with E-state index in [-0.39, 0.29) is 24.1 Å². The second-order valence-electron chi connectivity index (χ2n) is 9.22. The summed E-state index contributed by atoms with van der Waals surface area (Å²) in [5, 5.41) is 11.7. The zero-order valence-corrected chi connectivity index (χ0v) is 16.5. The maximum atomic E-state index is 13.0. The first-order valence-electron chi connectivity index (χ1n) is 10.6. The van der Waals surface area contributed by atoms with Gasteiger partial charge in [-0.1, -0.05) is 6.07 Å². The first-order chi connectivity index (χ1) is 14.0. The summed E-state index contributed by atoms with van der Waals surface area (Å²) in [6, 6.07) is 5.48. The van der Waals surface area contributed by atoms with Crippen LogP contribution >= 0.6 is 0 Å². The van der Waals surface area contributed by atoms with Crippen LogP contribution in [-0.4, -0.2) is 53.5 Å². The molecule has 3 fully saturated rings. The van der Waals surface area contributed by atoms with Crippen LogP contribution < -0.4 is 10.2 Å². The number of piperidine rings is 1. The number of amides is 3. The number of carbonyl (C=O) groups is 3. The molecule has 3 amide bonds. The molecule has 3 aliphatic heterocycles. The van der Waals surface area contributed by atoms with Crippen molar-refractivity contribution in [2.75, 3.05) is 24.6 Å². The van der Waals surface area contributed by atoms with E-state index in [0.29, 0.717) is 36.5 Å². The monoisotopic (exact) mass is 397 g/mol. The molecule has 0 radical (unpaired) electrons.